The summed E-state index contributed by atoms with van der Waals surface area (Å²) in [4.78, 5) is 25.5. The summed E-state index contributed by atoms with van der Waals surface area (Å²) in [6.45, 7) is 6.85. The summed E-state index contributed by atoms with van der Waals surface area (Å²) < 4.78 is 5.78. The third-order valence-corrected chi connectivity index (χ3v) is 5.37. The molecule has 0 bridgehead atoms. The van der Waals surface area contributed by atoms with Crippen LogP contribution in [0.3, 0.4) is 0 Å². The van der Waals surface area contributed by atoms with Crippen LogP contribution in [0.15, 0.2) is 60.9 Å². The Kier molecular flexibility index (Phi) is 5.93. The minimum atomic E-state index is 0.0169. The smallest absolute Gasteiger partial charge is 0.260 e. The Morgan fingerprint density at radius 1 is 0.967 bits per heavy atom. The number of ether oxygens (including phenoxy) is 1. The first-order valence-electron chi connectivity index (χ1n) is 10.2. The maximum Gasteiger partial charge on any atom is 0.260 e. The van der Waals surface area contributed by atoms with E-state index in [-0.39, 0.29) is 12.5 Å². The van der Waals surface area contributed by atoms with E-state index < -0.39 is 0 Å². The minimum Gasteiger partial charge on any atom is -0.483 e. The summed E-state index contributed by atoms with van der Waals surface area (Å²) >= 11 is 0. The Morgan fingerprint density at radius 2 is 1.73 bits per heavy atom. The van der Waals surface area contributed by atoms with Crippen LogP contribution in [0.4, 0.5) is 5.82 Å². The number of piperazine rings is 1. The molecule has 6 heteroatoms. The lowest BCUT2D eigenvalue weighted by Crippen LogP contribution is -2.50. The Hall–Kier alpha value is -3.41. The average molecular weight is 402 g/mol. The van der Waals surface area contributed by atoms with Gasteiger partial charge in [0.2, 0.25) is 0 Å². The molecule has 0 aliphatic carbocycles. The first-order valence-corrected chi connectivity index (χ1v) is 10.2. The predicted molar refractivity (Wildman–Crippen MR) is 118 cm³/mol. The second kappa shape index (κ2) is 8.95. The zero-order chi connectivity index (χ0) is 20.9. The maximum absolute atomic E-state index is 12.6. The molecule has 1 saturated heterocycles. The van der Waals surface area contributed by atoms with Crippen molar-refractivity contribution in [1.29, 1.82) is 0 Å². The summed E-state index contributed by atoms with van der Waals surface area (Å²) in [6, 6.07) is 18.1. The monoisotopic (exact) mass is 402 g/mol. The van der Waals surface area contributed by atoms with Crippen LogP contribution in [0.5, 0.6) is 5.75 Å². The number of hydrogen-bond donors (Lipinski definition) is 0. The Bertz CT molecular complexity index is 1010. The quantitative estimate of drug-likeness (QED) is 0.654. The average Bonchev–Trinajstić information content (AvgIpc) is 2.80. The van der Waals surface area contributed by atoms with E-state index in [2.05, 4.69) is 14.9 Å². The maximum atomic E-state index is 12.6. The number of hydrogen-bond acceptors (Lipinski definition) is 5. The molecular formula is C24H26N4O2. The Balaban J connectivity index is 1.34. The molecule has 1 aromatic heterocycles. The number of amides is 1. The van der Waals surface area contributed by atoms with Crippen LogP contribution in [0.2, 0.25) is 0 Å². The second-order valence-electron chi connectivity index (χ2n) is 7.55. The van der Waals surface area contributed by atoms with Gasteiger partial charge in [-0.2, -0.15) is 0 Å². The van der Waals surface area contributed by atoms with Gasteiger partial charge in [0.05, 0.1) is 5.69 Å². The number of carbonyl (C=O) groups excluding carboxylic acids is 1. The minimum absolute atomic E-state index is 0.0169. The van der Waals surface area contributed by atoms with Crippen LogP contribution >= 0.6 is 0 Å². The molecule has 3 aromatic rings. The van der Waals surface area contributed by atoms with Crippen LogP contribution in [0.25, 0.3) is 11.3 Å². The van der Waals surface area contributed by atoms with Gasteiger partial charge in [-0.15, -0.1) is 0 Å². The molecule has 6 nitrogen and oxygen atoms in total. The lowest BCUT2D eigenvalue weighted by atomic mass is 10.1. The van der Waals surface area contributed by atoms with Crippen molar-refractivity contribution in [3.05, 3.63) is 72.1 Å². The molecule has 2 aromatic carbocycles. The van der Waals surface area contributed by atoms with E-state index in [1.807, 2.05) is 73.3 Å². The number of rotatable bonds is 5. The summed E-state index contributed by atoms with van der Waals surface area (Å²) in [6.07, 6.45) is 1.60. The van der Waals surface area contributed by atoms with E-state index in [1.165, 1.54) is 0 Å². The van der Waals surface area contributed by atoms with Gasteiger partial charge in [0, 0.05) is 37.8 Å². The van der Waals surface area contributed by atoms with Crippen LogP contribution in [0, 0.1) is 13.8 Å². The number of carbonyl (C=O) groups is 1. The van der Waals surface area contributed by atoms with Crippen LogP contribution in [0.1, 0.15) is 11.1 Å². The van der Waals surface area contributed by atoms with E-state index in [0.29, 0.717) is 13.1 Å². The number of anilines is 1. The van der Waals surface area contributed by atoms with Crippen LogP contribution in [-0.4, -0.2) is 53.6 Å². The van der Waals surface area contributed by atoms with E-state index >= 15 is 0 Å². The van der Waals surface area contributed by atoms with Crippen LogP contribution in [-0.2, 0) is 4.79 Å². The van der Waals surface area contributed by atoms with E-state index in [1.54, 1.807) is 6.33 Å². The fraction of sp³-hybridized carbons (Fsp3) is 0.292. The first kappa shape index (κ1) is 19.9. The van der Waals surface area contributed by atoms with Crippen molar-refractivity contribution < 1.29 is 9.53 Å². The van der Waals surface area contributed by atoms with Crippen molar-refractivity contribution in [2.75, 3.05) is 37.7 Å². The fourth-order valence-electron chi connectivity index (χ4n) is 3.57. The van der Waals surface area contributed by atoms with Crippen molar-refractivity contribution in [2.45, 2.75) is 13.8 Å². The highest BCUT2D eigenvalue weighted by Gasteiger charge is 2.22. The molecule has 1 aliphatic heterocycles. The van der Waals surface area contributed by atoms with Gasteiger partial charge in [-0.05, 0) is 31.0 Å². The Morgan fingerprint density at radius 3 is 2.50 bits per heavy atom. The molecule has 0 N–H and O–H groups in total. The van der Waals surface area contributed by atoms with Gasteiger partial charge in [0.25, 0.3) is 5.91 Å². The molecule has 0 spiro atoms. The van der Waals surface area contributed by atoms with Crippen molar-refractivity contribution in [1.82, 2.24) is 14.9 Å². The number of benzene rings is 2. The van der Waals surface area contributed by atoms with Crippen molar-refractivity contribution in [3.8, 4) is 17.0 Å². The van der Waals surface area contributed by atoms with E-state index in [4.69, 9.17) is 4.74 Å². The molecule has 154 valence electrons. The summed E-state index contributed by atoms with van der Waals surface area (Å²) in [5, 5.41) is 0. The number of nitrogens with zero attached hydrogens (tertiary/aromatic N) is 4. The van der Waals surface area contributed by atoms with Gasteiger partial charge >= 0.3 is 0 Å². The Labute approximate surface area is 177 Å². The van der Waals surface area contributed by atoms with E-state index in [9.17, 15) is 4.79 Å². The van der Waals surface area contributed by atoms with Gasteiger partial charge in [-0.3, -0.25) is 4.79 Å². The lowest BCUT2D eigenvalue weighted by Gasteiger charge is -2.35. The lowest BCUT2D eigenvalue weighted by molar-refractivity contribution is -0.133. The third kappa shape index (κ3) is 4.59. The molecule has 0 unspecified atom stereocenters. The molecule has 30 heavy (non-hydrogen) atoms. The van der Waals surface area contributed by atoms with Gasteiger partial charge < -0.3 is 14.5 Å². The molecule has 0 saturated carbocycles. The molecule has 1 fully saturated rings. The summed E-state index contributed by atoms with van der Waals surface area (Å²) in [7, 11) is 0. The van der Waals surface area contributed by atoms with Crippen molar-refractivity contribution in [3.63, 3.8) is 0 Å². The third-order valence-electron chi connectivity index (χ3n) is 5.37. The molecule has 1 amide bonds. The SMILES string of the molecule is Cc1ccc(C)c(OCC(=O)N2CCN(c3cc(-c4ccccc4)ncn3)CC2)c1. The number of aryl methyl sites for hydroxylation is 2. The normalized spacial score (nSPS) is 13.9. The van der Waals surface area contributed by atoms with Crippen molar-refractivity contribution >= 4 is 11.7 Å². The van der Waals surface area contributed by atoms with Gasteiger partial charge in [-0.25, -0.2) is 9.97 Å². The van der Waals surface area contributed by atoms with Crippen molar-refractivity contribution in [2.24, 2.45) is 0 Å². The van der Waals surface area contributed by atoms with Gasteiger partial charge in [0.15, 0.2) is 6.61 Å². The second-order valence-corrected chi connectivity index (χ2v) is 7.55. The summed E-state index contributed by atoms with van der Waals surface area (Å²) in [5.41, 5.74) is 4.13. The molecule has 0 radical (unpaired) electrons. The molecule has 4 rings (SSSR count). The standard InChI is InChI=1S/C24H26N4O2/c1-18-8-9-19(2)22(14-18)30-16-24(29)28-12-10-27(11-13-28)23-15-21(25-17-26-23)20-6-4-3-5-7-20/h3-9,14-15,17H,10-13,16H2,1-2H3. The topological polar surface area (TPSA) is 58.6 Å². The predicted octanol–water partition coefficient (Wildman–Crippen LogP) is 3.49. The highest BCUT2D eigenvalue weighted by Crippen LogP contribution is 2.22. The van der Waals surface area contributed by atoms with Gasteiger partial charge in [-0.1, -0.05) is 42.5 Å². The highest BCUT2D eigenvalue weighted by molar-refractivity contribution is 5.78. The largest absolute Gasteiger partial charge is 0.483 e. The fourth-order valence-corrected chi connectivity index (χ4v) is 3.57. The number of aromatic nitrogens is 2. The molecular weight excluding hydrogens is 376 g/mol. The summed E-state index contributed by atoms with van der Waals surface area (Å²) in [5.74, 6) is 1.68. The molecule has 0 atom stereocenters. The first-order chi connectivity index (χ1) is 14.6. The highest BCUT2D eigenvalue weighted by atomic mass is 16.5. The molecule has 2 heterocycles. The zero-order valence-corrected chi connectivity index (χ0v) is 17.4. The van der Waals surface area contributed by atoms with Crippen LogP contribution < -0.4 is 9.64 Å². The van der Waals surface area contributed by atoms with Gasteiger partial charge in [0.1, 0.15) is 17.9 Å². The zero-order valence-electron chi connectivity index (χ0n) is 17.4. The molecule has 1 aliphatic rings. The van der Waals surface area contributed by atoms with E-state index in [0.717, 1.165) is 47.0 Å².